The minimum absolute atomic E-state index is 0.256. The summed E-state index contributed by atoms with van der Waals surface area (Å²) in [5, 5.41) is 20.4. The normalized spacial score (nSPS) is 27.4. The van der Waals surface area contributed by atoms with Crippen LogP contribution in [0.5, 0.6) is 0 Å². The summed E-state index contributed by atoms with van der Waals surface area (Å²) < 4.78 is 0. The molecule has 0 aliphatic heterocycles. The van der Waals surface area contributed by atoms with Gasteiger partial charge in [0.25, 0.3) is 0 Å². The highest BCUT2D eigenvalue weighted by Crippen LogP contribution is 2.33. The maximum atomic E-state index is 11.7. The number of Topliss-reactive ketones (excluding diaryl/α,β-unsaturated/α-hetero) is 1. The third-order valence-electron chi connectivity index (χ3n) is 3.72. The maximum absolute atomic E-state index is 11.7. The quantitative estimate of drug-likeness (QED) is 0.755. The van der Waals surface area contributed by atoms with Gasteiger partial charge in [0.1, 0.15) is 6.10 Å². The number of aliphatic hydroxyl groups excluding tert-OH is 1. The van der Waals surface area contributed by atoms with Crippen molar-refractivity contribution in [3.05, 3.63) is 23.3 Å². The van der Waals surface area contributed by atoms with Crippen LogP contribution < -0.4 is 0 Å². The van der Waals surface area contributed by atoms with Crippen molar-refractivity contribution in [3.8, 4) is 0 Å². The molecule has 1 rings (SSSR count). The predicted molar refractivity (Wildman–Crippen MR) is 72.2 cm³/mol. The van der Waals surface area contributed by atoms with E-state index in [-0.39, 0.29) is 5.78 Å². The number of rotatable bonds is 4. The molecular weight excluding hydrogens is 228 g/mol. The molecule has 0 amide bonds. The molecule has 0 aromatic carbocycles. The van der Waals surface area contributed by atoms with E-state index in [0.29, 0.717) is 18.4 Å². The second kappa shape index (κ2) is 5.81. The number of hydrogen-bond acceptors (Lipinski definition) is 3. The lowest BCUT2D eigenvalue weighted by Crippen LogP contribution is -2.47. The number of hydrogen-bond donors (Lipinski definition) is 2. The zero-order valence-electron chi connectivity index (χ0n) is 11.7. The van der Waals surface area contributed by atoms with Gasteiger partial charge >= 0.3 is 0 Å². The largest absolute Gasteiger partial charge is 0.390 e. The summed E-state index contributed by atoms with van der Waals surface area (Å²) in [5.41, 5.74) is 0.791. The molecule has 0 aromatic heterocycles. The SMILES string of the molecule is CC(C)=CCC[C@@](C)(O)[C@@H]1CC=C(C)C(=O)[C@H]1O. The van der Waals surface area contributed by atoms with Gasteiger partial charge in [0.05, 0.1) is 5.60 Å². The van der Waals surface area contributed by atoms with Crippen LogP contribution in [0.2, 0.25) is 0 Å². The molecule has 0 saturated carbocycles. The number of allylic oxidation sites excluding steroid dienone is 3. The van der Waals surface area contributed by atoms with Crippen LogP contribution in [0.3, 0.4) is 0 Å². The lowest BCUT2D eigenvalue weighted by atomic mass is 9.74. The smallest absolute Gasteiger partial charge is 0.187 e. The van der Waals surface area contributed by atoms with E-state index >= 15 is 0 Å². The highest BCUT2D eigenvalue weighted by molar-refractivity contribution is 5.99. The second-order valence-electron chi connectivity index (χ2n) is 5.72. The fourth-order valence-electron chi connectivity index (χ4n) is 2.38. The topological polar surface area (TPSA) is 57.5 Å². The predicted octanol–water partition coefficient (Wildman–Crippen LogP) is 2.38. The second-order valence-corrected chi connectivity index (χ2v) is 5.72. The van der Waals surface area contributed by atoms with Crippen LogP contribution in [0, 0.1) is 5.92 Å². The van der Waals surface area contributed by atoms with Gasteiger partial charge in [0, 0.05) is 5.92 Å². The maximum Gasteiger partial charge on any atom is 0.187 e. The van der Waals surface area contributed by atoms with Crippen LogP contribution in [0.4, 0.5) is 0 Å². The van der Waals surface area contributed by atoms with Crippen molar-refractivity contribution in [2.45, 2.75) is 58.7 Å². The molecule has 0 bridgehead atoms. The van der Waals surface area contributed by atoms with Crippen LogP contribution in [0.25, 0.3) is 0 Å². The van der Waals surface area contributed by atoms with E-state index in [4.69, 9.17) is 0 Å². The van der Waals surface area contributed by atoms with E-state index in [2.05, 4.69) is 6.08 Å². The Bertz CT molecular complexity index is 373. The molecule has 3 heteroatoms. The summed E-state index contributed by atoms with van der Waals surface area (Å²) in [6, 6.07) is 0. The van der Waals surface area contributed by atoms with E-state index in [1.165, 1.54) is 5.57 Å². The van der Waals surface area contributed by atoms with Crippen molar-refractivity contribution in [1.29, 1.82) is 0 Å². The average Bonchev–Trinajstić information content (AvgIpc) is 2.24. The van der Waals surface area contributed by atoms with Crippen LogP contribution in [-0.2, 0) is 4.79 Å². The molecule has 0 radical (unpaired) electrons. The lowest BCUT2D eigenvalue weighted by molar-refractivity contribution is -0.135. The van der Waals surface area contributed by atoms with Gasteiger partial charge in [0.15, 0.2) is 5.78 Å². The van der Waals surface area contributed by atoms with Gasteiger partial charge in [-0.1, -0.05) is 17.7 Å². The first-order valence-corrected chi connectivity index (χ1v) is 6.50. The third kappa shape index (κ3) is 3.53. The van der Waals surface area contributed by atoms with E-state index in [1.54, 1.807) is 13.8 Å². The fraction of sp³-hybridized carbons (Fsp3) is 0.667. The van der Waals surface area contributed by atoms with Gasteiger partial charge in [0.2, 0.25) is 0 Å². The summed E-state index contributed by atoms with van der Waals surface area (Å²) in [7, 11) is 0. The van der Waals surface area contributed by atoms with E-state index in [9.17, 15) is 15.0 Å². The minimum Gasteiger partial charge on any atom is -0.390 e. The van der Waals surface area contributed by atoms with Gasteiger partial charge in [-0.2, -0.15) is 0 Å². The first-order valence-electron chi connectivity index (χ1n) is 6.50. The molecule has 0 spiro atoms. The zero-order chi connectivity index (χ0) is 13.9. The molecule has 0 unspecified atom stereocenters. The van der Waals surface area contributed by atoms with Crippen molar-refractivity contribution in [2.75, 3.05) is 0 Å². The van der Waals surface area contributed by atoms with Gasteiger partial charge < -0.3 is 10.2 Å². The Morgan fingerprint density at radius 3 is 2.72 bits per heavy atom. The highest BCUT2D eigenvalue weighted by atomic mass is 16.3. The monoisotopic (exact) mass is 252 g/mol. The van der Waals surface area contributed by atoms with Crippen molar-refractivity contribution in [1.82, 2.24) is 0 Å². The Balaban J connectivity index is 2.73. The summed E-state index contributed by atoms with van der Waals surface area (Å²) in [6.07, 6.45) is 4.68. The molecule has 1 aliphatic carbocycles. The molecule has 0 aromatic rings. The average molecular weight is 252 g/mol. The molecule has 102 valence electrons. The number of carbonyl (C=O) groups excluding carboxylic acids is 1. The minimum atomic E-state index is -1.07. The summed E-state index contributed by atoms with van der Waals surface area (Å²) in [5.74, 6) is -0.659. The molecule has 0 saturated heterocycles. The summed E-state index contributed by atoms with van der Waals surface area (Å²) >= 11 is 0. The van der Waals surface area contributed by atoms with E-state index < -0.39 is 17.6 Å². The molecular formula is C15H24O3. The van der Waals surface area contributed by atoms with Crippen LogP contribution >= 0.6 is 0 Å². The third-order valence-corrected chi connectivity index (χ3v) is 3.72. The van der Waals surface area contributed by atoms with Crippen LogP contribution in [0.1, 0.15) is 47.0 Å². The van der Waals surface area contributed by atoms with Crippen molar-refractivity contribution < 1.29 is 15.0 Å². The molecule has 18 heavy (non-hydrogen) atoms. The molecule has 1 aliphatic rings. The molecule has 3 nitrogen and oxygen atoms in total. The van der Waals surface area contributed by atoms with Gasteiger partial charge in [-0.3, -0.25) is 4.79 Å². The standard InChI is InChI=1S/C15H24O3/c1-10(2)6-5-9-15(4,18)12-8-7-11(3)13(16)14(12)17/h6-7,12,14,17-18H,5,8-9H2,1-4H3/t12-,14+,15-/m1/s1. The molecule has 0 fully saturated rings. The Hall–Kier alpha value is -0.930. The van der Waals surface area contributed by atoms with Crippen LogP contribution in [0.15, 0.2) is 23.3 Å². The van der Waals surface area contributed by atoms with E-state index in [1.807, 2.05) is 19.9 Å². The van der Waals surface area contributed by atoms with Crippen molar-refractivity contribution >= 4 is 5.78 Å². The first-order chi connectivity index (χ1) is 8.25. The lowest BCUT2D eigenvalue weighted by Gasteiger charge is -2.37. The fourth-order valence-corrected chi connectivity index (χ4v) is 2.38. The van der Waals surface area contributed by atoms with Gasteiger partial charge in [-0.25, -0.2) is 0 Å². The molecule has 0 heterocycles. The number of ketones is 1. The van der Waals surface area contributed by atoms with E-state index in [0.717, 1.165) is 6.42 Å². The van der Waals surface area contributed by atoms with Gasteiger partial charge in [-0.05, 0) is 52.5 Å². The number of carbonyl (C=O) groups is 1. The van der Waals surface area contributed by atoms with Crippen LogP contribution in [-0.4, -0.2) is 27.7 Å². The molecule has 2 N–H and O–H groups in total. The Morgan fingerprint density at radius 2 is 2.17 bits per heavy atom. The van der Waals surface area contributed by atoms with Gasteiger partial charge in [-0.15, -0.1) is 0 Å². The summed E-state index contributed by atoms with van der Waals surface area (Å²) in [6.45, 7) is 7.45. The summed E-state index contributed by atoms with van der Waals surface area (Å²) in [4.78, 5) is 11.7. The Kier molecular flexibility index (Phi) is 4.88. The zero-order valence-corrected chi connectivity index (χ0v) is 11.7. The first kappa shape index (κ1) is 15.1. The Labute approximate surface area is 109 Å². The van der Waals surface area contributed by atoms with Crippen molar-refractivity contribution in [2.24, 2.45) is 5.92 Å². The van der Waals surface area contributed by atoms with Crippen molar-refractivity contribution in [3.63, 3.8) is 0 Å². The Morgan fingerprint density at radius 1 is 1.56 bits per heavy atom. The number of aliphatic hydroxyl groups is 2. The highest BCUT2D eigenvalue weighted by Gasteiger charge is 2.41. The molecule has 3 atom stereocenters.